The molecule has 4 heteroatoms. The summed E-state index contributed by atoms with van der Waals surface area (Å²) in [6, 6.07) is 6.13. The van der Waals surface area contributed by atoms with E-state index < -0.39 is 0 Å². The van der Waals surface area contributed by atoms with E-state index in [4.69, 9.17) is 5.73 Å². The summed E-state index contributed by atoms with van der Waals surface area (Å²) in [4.78, 5) is 8.54. The molecular formula is C13H14N4. The van der Waals surface area contributed by atoms with Crippen LogP contribution in [0.2, 0.25) is 0 Å². The van der Waals surface area contributed by atoms with Crippen molar-refractivity contribution in [3.05, 3.63) is 36.7 Å². The normalized spacial score (nSPS) is 15.5. The number of hydrogen-bond donors (Lipinski definition) is 2. The van der Waals surface area contributed by atoms with Gasteiger partial charge in [-0.2, -0.15) is 0 Å². The third kappa shape index (κ3) is 1.93. The zero-order valence-electron chi connectivity index (χ0n) is 9.43. The molecule has 1 aromatic carbocycles. The van der Waals surface area contributed by atoms with Gasteiger partial charge in [0, 0.05) is 17.1 Å². The Balaban J connectivity index is 2.00. The third-order valence-electron chi connectivity index (χ3n) is 3.01. The molecule has 0 amide bonds. The molecule has 0 saturated carbocycles. The second-order valence-electron chi connectivity index (χ2n) is 4.28. The maximum absolute atomic E-state index is 5.81. The Morgan fingerprint density at radius 2 is 2.00 bits per heavy atom. The van der Waals surface area contributed by atoms with Crippen LogP contribution in [-0.2, 0) is 0 Å². The molecule has 17 heavy (non-hydrogen) atoms. The number of anilines is 2. The van der Waals surface area contributed by atoms with Crippen molar-refractivity contribution in [2.45, 2.75) is 18.9 Å². The Morgan fingerprint density at radius 3 is 2.82 bits per heavy atom. The number of nitrogens with one attached hydrogen (secondary N) is 1. The number of nitrogens with two attached hydrogens (primary N) is 1. The van der Waals surface area contributed by atoms with Crippen molar-refractivity contribution < 1.29 is 0 Å². The van der Waals surface area contributed by atoms with Crippen LogP contribution in [0.15, 0.2) is 36.7 Å². The highest BCUT2D eigenvalue weighted by atomic mass is 15.0. The van der Waals surface area contributed by atoms with Crippen LogP contribution in [0.25, 0.3) is 10.9 Å². The molecule has 0 unspecified atom stereocenters. The van der Waals surface area contributed by atoms with Gasteiger partial charge in [-0.25, -0.2) is 9.97 Å². The van der Waals surface area contributed by atoms with Gasteiger partial charge >= 0.3 is 0 Å². The Kier molecular flexibility index (Phi) is 2.40. The van der Waals surface area contributed by atoms with E-state index in [1.54, 1.807) is 6.33 Å². The smallest absolute Gasteiger partial charge is 0.137 e. The van der Waals surface area contributed by atoms with Crippen molar-refractivity contribution in [2.24, 2.45) is 0 Å². The van der Waals surface area contributed by atoms with Crippen LogP contribution in [0.4, 0.5) is 11.5 Å². The predicted molar refractivity (Wildman–Crippen MR) is 69.7 cm³/mol. The van der Waals surface area contributed by atoms with Crippen LogP contribution in [0.1, 0.15) is 12.8 Å². The fraction of sp³-hybridized carbons (Fsp3) is 0.231. The maximum Gasteiger partial charge on any atom is 0.137 e. The highest BCUT2D eigenvalue weighted by Crippen LogP contribution is 2.24. The van der Waals surface area contributed by atoms with Gasteiger partial charge in [0.05, 0.1) is 5.52 Å². The van der Waals surface area contributed by atoms with Crippen LogP contribution < -0.4 is 11.1 Å². The van der Waals surface area contributed by atoms with Crippen molar-refractivity contribution >= 4 is 22.4 Å². The quantitative estimate of drug-likeness (QED) is 0.609. The van der Waals surface area contributed by atoms with Gasteiger partial charge < -0.3 is 11.1 Å². The molecule has 4 nitrogen and oxygen atoms in total. The summed E-state index contributed by atoms with van der Waals surface area (Å²) in [6.07, 6.45) is 8.07. The van der Waals surface area contributed by atoms with Crippen molar-refractivity contribution in [3.8, 4) is 0 Å². The Bertz CT molecular complexity index is 569. The predicted octanol–water partition coefficient (Wildman–Crippen LogP) is 2.34. The Hall–Kier alpha value is -2.10. The van der Waals surface area contributed by atoms with Gasteiger partial charge in [0.15, 0.2) is 0 Å². The lowest BCUT2D eigenvalue weighted by molar-refractivity contribution is 0.782. The van der Waals surface area contributed by atoms with E-state index >= 15 is 0 Å². The first kappa shape index (κ1) is 10.1. The summed E-state index contributed by atoms with van der Waals surface area (Å²) in [5.41, 5.74) is 7.46. The molecule has 2 aromatic rings. The molecule has 86 valence electrons. The Labute approximate surface area is 99.6 Å². The van der Waals surface area contributed by atoms with Gasteiger partial charge in [-0.3, -0.25) is 0 Å². The molecule has 0 radical (unpaired) electrons. The van der Waals surface area contributed by atoms with Crippen molar-refractivity contribution in [1.82, 2.24) is 9.97 Å². The minimum absolute atomic E-state index is 0.439. The molecule has 3 N–H and O–H groups in total. The zero-order valence-corrected chi connectivity index (χ0v) is 9.43. The second kappa shape index (κ2) is 4.05. The van der Waals surface area contributed by atoms with Crippen LogP contribution in [-0.4, -0.2) is 16.0 Å². The third-order valence-corrected chi connectivity index (χ3v) is 3.01. The average molecular weight is 226 g/mol. The van der Waals surface area contributed by atoms with Gasteiger partial charge in [-0.15, -0.1) is 0 Å². The van der Waals surface area contributed by atoms with Crippen molar-refractivity contribution in [2.75, 3.05) is 11.1 Å². The Morgan fingerprint density at radius 1 is 1.18 bits per heavy atom. The molecule has 0 spiro atoms. The van der Waals surface area contributed by atoms with Crippen LogP contribution in [0, 0.1) is 0 Å². The lowest BCUT2D eigenvalue weighted by Gasteiger charge is -2.14. The lowest BCUT2D eigenvalue weighted by Crippen LogP contribution is -2.16. The van der Waals surface area contributed by atoms with E-state index in [2.05, 4.69) is 27.4 Å². The van der Waals surface area contributed by atoms with Gasteiger partial charge in [0.1, 0.15) is 12.1 Å². The monoisotopic (exact) mass is 226 g/mol. The molecule has 1 aliphatic carbocycles. The number of rotatable bonds is 2. The minimum atomic E-state index is 0.439. The number of fused-ring (bicyclic) bond motifs is 1. The molecule has 1 aliphatic rings. The van der Waals surface area contributed by atoms with E-state index in [9.17, 15) is 0 Å². The van der Waals surface area contributed by atoms with Crippen LogP contribution in [0.5, 0.6) is 0 Å². The van der Waals surface area contributed by atoms with Gasteiger partial charge in [-0.1, -0.05) is 12.2 Å². The standard InChI is InChI=1S/C13H14N4/c14-9-5-6-12-11(7-9)13(16-8-15-12)17-10-3-1-2-4-10/h1-2,5-8,10H,3-4,14H2,(H,15,16,17). The maximum atomic E-state index is 5.81. The molecule has 3 rings (SSSR count). The van der Waals surface area contributed by atoms with E-state index in [0.717, 1.165) is 35.2 Å². The largest absolute Gasteiger partial charge is 0.399 e. The number of nitrogens with zero attached hydrogens (tertiary/aromatic N) is 2. The van der Waals surface area contributed by atoms with E-state index in [0.29, 0.717) is 6.04 Å². The molecule has 0 saturated heterocycles. The first-order valence-corrected chi connectivity index (χ1v) is 5.75. The lowest BCUT2D eigenvalue weighted by atomic mass is 10.2. The number of nitrogen functional groups attached to an aromatic ring is 1. The molecule has 1 aromatic heterocycles. The van der Waals surface area contributed by atoms with E-state index in [-0.39, 0.29) is 0 Å². The van der Waals surface area contributed by atoms with Crippen LogP contribution >= 0.6 is 0 Å². The fourth-order valence-electron chi connectivity index (χ4n) is 2.12. The van der Waals surface area contributed by atoms with E-state index in [1.165, 1.54) is 0 Å². The molecule has 0 aliphatic heterocycles. The summed E-state index contributed by atoms with van der Waals surface area (Å²) in [6.45, 7) is 0. The summed E-state index contributed by atoms with van der Waals surface area (Å²) in [5.74, 6) is 0.871. The molecule has 0 fully saturated rings. The van der Waals surface area contributed by atoms with E-state index in [1.807, 2.05) is 18.2 Å². The van der Waals surface area contributed by atoms with Crippen molar-refractivity contribution in [3.63, 3.8) is 0 Å². The molecule has 0 bridgehead atoms. The summed E-state index contributed by atoms with van der Waals surface area (Å²) in [7, 11) is 0. The number of benzene rings is 1. The summed E-state index contributed by atoms with van der Waals surface area (Å²) in [5, 5.41) is 4.43. The SMILES string of the molecule is Nc1ccc2ncnc(NC3CC=CC3)c2c1. The van der Waals surface area contributed by atoms with Gasteiger partial charge in [-0.05, 0) is 31.0 Å². The molecule has 1 heterocycles. The summed E-state index contributed by atoms with van der Waals surface area (Å²) < 4.78 is 0. The molecule has 0 atom stereocenters. The van der Waals surface area contributed by atoms with Crippen LogP contribution in [0.3, 0.4) is 0 Å². The second-order valence-corrected chi connectivity index (χ2v) is 4.28. The fourth-order valence-corrected chi connectivity index (χ4v) is 2.12. The highest BCUT2D eigenvalue weighted by molar-refractivity contribution is 5.91. The highest BCUT2D eigenvalue weighted by Gasteiger charge is 2.12. The van der Waals surface area contributed by atoms with Gasteiger partial charge in [0.25, 0.3) is 0 Å². The summed E-state index contributed by atoms with van der Waals surface area (Å²) >= 11 is 0. The number of hydrogen-bond acceptors (Lipinski definition) is 4. The minimum Gasteiger partial charge on any atom is -0.399 e. The van der Waals surface area contributed by atoms with Crippen molar-refractivity contribution in [1.29, 1.82) is 0 Å². The average Bonchev–Trinajstić information content (AvgIpc) is 2.83. The topological polar surface area (TPSA) is 63.8 Å². The number of aromatic nitrogens is 2. The first-order valence-electron chi connectivity index (χ1n) is 5.75. The molecular weight excluding hydrogens is 212 g/mol. The zero-order chi connectivity index (χ0) is 11.7. The first-order chi connectivity index (χ1) is 8.33. The van der Waals surface area contributed by atoms with Gasteiger partial charge in [0.2, 0.25) is 0 Å².